The number of imide groups is 1. The zero-order chi connectivity index (χ0) is 14.9. The van der Waals surface area contributed by atoms with Gasteiger partial charge in [-0.05, 0) is 0 Å². The largest absolute Gasteiger partial charge is 0.503 e. The van der Waals surface area contributed by atoms with Crippen molar-refractivity contribution in [2.45, 2.75) is 6.42 Å². The molecule has 2 rings (SSSR count). The number of aromatic nitrogens is 1. The molecule has 9 heteroatoms. The third-order valence-electron chi connectivity index (χ3n) is 2.53. The number of nitrogens with zero attached hydrogens (tertiary/aromatic N) is 2. The van der Waals surface area contributed by atoms with Gasteiger partial charge in [0.05, 0.1) is 6.42 Å². The molecule has 0 bridgehead atoms. The summed E-state index contributed by atoms with van der Waals surface area (Å²) in [5.74, 6) is -4.17. The lowest BCUT2D eigenvalue weighted by atomic mass is 10.4. The molecule has 0 aromatic carbocycles. The monoisotopic (exact) mass is 282 g/mol. The molecule has 0 aliphatic carbocycles. The summed E-state index contributed by atoms with van der Waals surface area (Å²) >= 11 is 0. The van der Waals surface area contributed by atoms with Crippen molar-refractivity contribution in [1.29, 1.82) is 0 Å². The third kappa shape index (κ3) is 2.41. The maximum Gasteiger partial charge on any atom is 0.335 e. The summed E-state index contributed by atoms with van der Waals surface area (Å²) in [5.41, 5.74) is 0. The highest BCUT2D eigenvalue weighted by molar-refractivity contribution is 6.12. The molecule has 3 N–H and O–H groups in total. The Morgan fingerprint density at radius 1 is 1.15 bits per heavy atom. The van der Waals surface area contributed by atoms with Crippen LogP contribution in [-0.4, -0.2) is 49.3 Å². The number of hydrogen-bond acceptors (Lipinski definition) is 7. The minimum Gasteiger partial charge on any atom is -0.503 e. The number of carbonyl (C=O) groups excluding carboxylic acids is 3. The van der Waals surface area contributed by atoms with Crippen LogP contribution in [0.1, 0.15) is 6.42 Å². The molecule has 0 saturated heterocycles. The Balaban J connectivity index is 1.93. The van der Waals surface area contributed by atoms with Crippen molar-refractivity contribution >= 4 is 17.8 Å². The van der Waals surface area contributed by atoms with Crippen molar-refractivity contribution in [2.75, 3.05) is 6.54 Å². The molecule has 2 heterocycles. The first kappa shape index (κ1) is 13.5. The molecule has 2 amide bonds. The van der Waals surface area contributed by atoms with Crippen molar-refractivity contribution in [1.82, 2.24) is 9.63 Å². The maximum atomic E-state index is 11.5. The first-order valence-electron chi connectivity index (χ1n) is 5.47. The summed E-state index contributed by atoms with van der Waals surface area (Å²) in [4.78, 5) is 39.3. The molecular weight excluding hydrogens is 272 g/mol. The lowest BCUT2D eigenvalue weighted by Crippen LogP contribution is -2.33. The van der Waals surface area contributed by atoms with Crippen LogP contribution in [0.4, 0.5) is 0 Å². The highest BCUT2D eigenvalue weighted by atomic mass is 16.7. The van der Waals surface area contributed by atoms with Crippen molar-refractivity contribution in [3.05, 3.63) is 18.2 Å². The van der Waals surface area contributed by atoms with E-state index < -0.39 is 35.3 Å². The molecule has 0 radical (unpaired) electrons. The van der Waals surface area contributed by atoms with Gasteiger partial charge in [0.15, 0.2) is 5.75 Å². The van der Waals surface area contributed by atoms with Gasteiger partial charge in [-0.1, -0.05) is 0 Å². The first-order valence-corrected chi connectivity index (χ1v) is 5.47. The van der Waals surface area contributed by atoms with Crippen LogP contribution in [0.2, 0.25) is 0 Å². The molecule has 9 nitrogen and oxygen atoms in total. The highest BCUT2D eigenvalue weighted by Gasteiger charge is 2.24. The number of carbonyl (C=O) groups is 3. The van der Waals surface area contributed by atoms with Crippen LogP contribution in [0.15, 0.2) is 18.2 Å². The van der Waals surface area contributed by atoms with Gasteiger partial charge in [0.2, 0.25) is 5.88 Å². The van der Waals surface area contributed by atoms with Gasteiger partial charge in [-0.3, -0.25) is 14.5 Å². The van der Waals surface area contributed by atoms with Gasteiger partial charge >= 0.3 is 5.97 Å². The Labute approximate surface area is 111 Å². The molecule has 20 heavy (non-hydrogen) atoms. The molecule has 0 unspecified atom stereocenters. The van der Waals surface area contributed by atoms with Gasteiger partial charge < -0.3 is 20.2 Å². The molecule has 1 aliphatic rings. The van der Waals surface area contributed by atoms with Crippen molar-refractivity contribution < 1.29 is 34.5 Å². The van der Waals surface area contributed by atoms with E-state index in [4.69, 9.17) is 5.11 Å². The number of hydrogen-bond donors (Lipinski definition) is 3. The van der Waals surface area contributed by atoms with Gasteiger partial charge in [-0.2, -0.15) is 0 Å². The molecule has 1 aromatic heterocycles. The maximum absolute atomic E-state index is 11.5. The molecule has 0 spiro atoms. The Hall–Kier alpha value is -2.97. The summed E-state index contributed by atoms with van der Waals surface area (Å²) in [5, 5.41) is 27.6. The van der Waals surface area contributed by atoms with Crippen LogP contribution in [0.5, 0.6) is 17.5 Å². The Kier molecular flexibility index (Phi) is 3.34. The Bertz CT molecular complexity index is 599. The minimum absolute atomic E-state index is 0.196. The molecule has 0 atom stereocenters. The second-order valence-corrected chi connectivity index (χ2v) is 3.88. The van der Waals surface area contributed by atoms with E-state index in [0.29, 0.717) is 4.73 Å². The average molecular weight is 282 g/mol. The summed E-state index contributed by atoms with van der Waals surface area (Å²) in [6.45, 7) is -0.196. The fraction of sp³-hybridized carbons (Fsp3) is 0.182. The van der Waals surface area contributed by atoms with Crippen molar-refractivity contribution in [2.24, 2.45) is 0 Å². The summed E-state index contributed by atoms with van der Waals surface area (Å²) in [6, 6.07) is 0.778. The zero-order valence-electron chi connectivity index (χ0n) is 10.0. The molecular formula is C11H10N2O7. The highest BCUT2D eigenvalue weighted by Crippen LogP contribution is 2.31. The fourth-order valence-corrected chi connectivity index (χ4v) is 1.55. The van der Waals surface area contributed by atoms with Crippen LogP contribution in [0.25, 0.3) is 0 Å². The van der Waals surface area contributed by atoms with E-state index in [1.807, 2.05) is 0 Å². The van der Waals surface area contributed by atoms with E-state index in [0.717, 1.165) is 23.1 Å². The van der Waals surface area contributed by atoms with Crippen LogP contribution in [0.3, 0.4) is 0 Å². The number of amides is 2. The van der Waals surface area contributed by atoms with Crippen molar-refractivity contribution in [3.63, 3.8) is 0 Å². The van der Waals surface area contributed by atoms with Gasteiger partial charge in [-0.25, -0.2) is 4.79 Å². The topological polar surface area (TPSA) is 129 Å². The lowest BCUT2D eigenvalue weighted by molar-refractivity contribution is -0.146. The second-order valence-electron chi connectivity index (χ2n) is 3.88. The first-order chi connectivity index (χ1) is 9.40. The van der Waals surface area contributed by atoms with Gasteiger partial charge in [-0.15, -0.1) is 4.73 Å². The molecule has 0 saturated carbocycles. The number of aromatic hydroxyl groups is 3. The van der Waals surface area contributed by atoms with E-state index in [-0.39, 0.29) is 13.0 Å². The van der Waals surface area contributed by atoms with Crippen LogP contribution in [0, 0.1) is 0 Å². The predicted molar refractivity (Wildman–Crippen MR) is 61.5 cm³/mol. The summed E-state index contributed by atoms with van der Waals surface area (Å²) in [6.07, 6.45) is 1.82. The minimum atomic E-state index is -0.918. The van der Waals surface area contributed by atoms with Crippen LogP contribution < -0.4 is 4.84 Å². The Morgan fingerprint density at radius 2 is 1.75 bits per heavy atom. The molecule has 0 fully saturated rings. The van der Waals surface area contributed by atoms with Crippen molar-refractivity contribution in [3.8, 4) is 17.5 Å². The molecule has 106 valence electrons. The second kappa shape index (κ2) is 4.96. The van der Waals surface area contributed by atoms with Crippen LogP contribution in [-0.2, 0) is 14.4 Å². The Morgan fingerprint density at radius 3 is 2.25 bits per heavy atom. The average Bonchev–Trinajstić information content (AvgIpc) is 2.82. The van der Waals surface area contributed by atoms with E-state index >= 15 is 0 Å². The lowest BCUT2D eigenvalue weighted by Gasteiger charge is -2.13. The smallest absolute Gasteiger partial charge is 0.335 e. The van der Waals surface area contributed by atoms with Gasteiger partial charge in [0, 0.05) is 24.8 Å². The molecule has 1 aliphatic heterocycles. The quantitative estimate of drug-likeness (QED) is 0.596. The predicted octanol–water partition coefficient (Wildman–Crippen LogP) is -1.12. The normalized spacial score (nSPS) is 14.1. The third-order valence-corrected chi connectivity index (χ3v) is 2.53. The van der Waals surface area contributed by atoms with E-state index in [2.05, 4.69) is 4.84 Å². The van der Waals surface area contributed by atoms with E-state index in [9.17, 15) is 24.6 Å². The summed E-state index contributed by atoms with van der Waals surface area (Å²) < 4.78 is 0.323. The zero-order valence-corrected chi connectivity index (χ0v) is 10.0. The van der Waals surface area contributed by atoms with E-state index in [1.54, 1.807) is 0 Å². The van der Waals surface area contributed by atoms with Crippen LogP contribution >= 0.6 is 0 Å². The SMILES string of the molecule is O=C(CCN1C(=O)C=CC1=O)On1c(O)cc(O)c1O. The number of rotatable bonds is 4. The van der Waals surface area contributed by atoms with E-state index in [1.165, 1.54) is 0 Å². The van der Waals surface area contributed by atoms with Gasteiger partial charge in [0.1, 0.15) is 0 Å². The summed E-state index contributed by atoms with van der Waals surface area (Å²) in [7, 11) is 0. The van der Waals surface area contributed by atoms with Gasteiger partial charge in [0.25, 0.3) is 17.7 Å². The molecule has 1 aromatic rings. The standard InChI is InChI=1S/C11H10N2O7/c14-6-5-9(17)13(11(6)19)20-10(18)3-4-12-7(15)1-2-8(12)16/h1-2,5,14,17,19H,3-4H2. The fourth-order valence-electron chi connectivity index (χ4n) is 1.55.